The minimum atomic E-state index is 0.558. The third-order valence-corrected chi connectivity index (χ3v) is 3.50. The molecule has 3 heterocycles. The van der Waals surface area contributed by atoms with Crippen LogP contribution < -0.4 is 4.74 Å². The van der Waals surface area contributed by atoms with Crippen molar-refractivity contribution in [2.24, 2.45) is 0 Å². The second kappa shape index (κ2) is 5.53. The monoisotopic (exact) mass is 303 g/mol. The molecule has 5 nitrogen and oxygen atoms in total. The average molecular weight is 303 g/mol. The molecule has 4 rings (SSSR count). The number of furan rings is 1. The van der Waals surface area contributed by atoms with Crippen LogP contribution in [0.1, 0.15) is 5.69 Å². The molecule has 0 radical (unpaired) electrons. The van der Waals surface area contributed by atoms with Gasteiger partial charge in [-0.05, 0) is 25.1 Å². The molecular weight excluding hydrogens is 290 g/mol. The molecule has 4 aromatic rings. The normalized spacial score (nSPS) is 10.8. The molecule has 0 atom stereocenters. The number of aryl methyl sites for hydroxylation is 1. The number of para-hydroxylation sites is 1. The lowest BCUT2D eigenvalue weighted by molar-refractivity contribution is 0.477. The summed E-state index contributed by atoms with van der Waals surface area (Å²) in [5.74, 6) is 1.88. The number of fused-ring (bicyclic) bond motifs is 1. The van der Waals surface area contributed by atoms with Crippen LogP contribution in [0.2, 0.25) is 0 Å². The molecule has 0 aliphatic rings. The smallest absolute Gasteiger partial charge is 0.198 e. The maximum Gasteiger partial charge on any atom is 0.198 e. The van der Waals surface area contributed by atoms with Gasteiger partial charge in [0.2, 0.25) is 0 Å². The van der Waals surface area contributed by atoms with Crippen LogP contribution >= 0.6 is 0 Å². The number of aromatic nitrogens is 3. The van der Waals surface area contributed by atoms with E-state index in [9.17, 15) is 0 Å². The van der Waals surface area contributed by atoms with Gasteiger partial charge in [0.25, 0.3) is 0 Å². The largest absolute Gasteiger partial charge is 0.453 e. The first-order valence-corrected chi connectivity index (χ1v) is 7.20. The molecular formula is C18H13N3O2. The summed E-state index contributed by atoms with van der Waals surface area (Å²) in [4.78, 5) is 12.8. The predicted octanol–water partition coefficient (Wildman–Crippen LogP) is 4.39. The van der Waals surface area contributed by atoms with E-state index in [1.165, 1.54) is 0 Å². The third kappa shape index (κ3) is 2.42. The molecule has 0 saturated heterocycles. The second-order valence-electron chi connectivity index (χ2n) is 5.04. The number of hydrogen-bond acceptors (Lipinski definition) is 5. The Morgan fingerprint density at radius 2 is 1.78 bits per heavy atom. The quantitative estimate of drug-likeness (QED) is 0.562. The van der Waals surface area contributed by atoms with Crippen LogP contribution in [-0.4, -0.2) is 15.0 Å². The minimum Gasteiger partial charge on any atom is -0.453 e. The SMILES string of the molecule is Cc1nccnc1-c1oc2ccncc2c1Oc1ccccc1. The molecule has 1 aromatic carbocycles. The molecule has 0 unspecified atom stereocenters. The lowest BCUT2D eigenvalue weighted by atomic mass is 10.2. The van der Waals surface area contributed by atoms with E-state index in [1.54, 1.807) is 24.8 Å². The summed E-state index contributed by atoms with van der Waals surface area (Å²) in [5, 5.41) is 0.802. The van der Waals surface area contributed by atoms with Gasteiger partial charge in [-0.3, -0.25) is 9.97 Å². The fourth-order valence-corrected chi connectivity index (χ4v) is 2.41. The molecule has 3 aromatic heterocycles. The van der Waals surface area contributed by atoms with Gasteiger partial charge in [-0.1, -0.05) is 18.2 Å². The highest BCUT2D eigenvalue weighted by Crippen LogP contribution is 2.41. The molecule has 23 heavy (non-hydrogen) atoms. The first-order valence-electron chi connectivity index (χ1n) is 7.20. The van der Waals surface area contributed by atoms with Crippen LogP contribution in [0.5, 0.6) is 11.5 Å². The molecule has 0 amide bonds. The molecule has 0 aliphatic heterocycles. The Morgan fingerprint density at radius 3 is 2.61 bits per heavy atom. The lowest BCUT2D eigenvalue weighted by Crippen LogP contribution is -1.92. The molecule has 0 aliphatic carbocycles. The Hall–Kier alpha value is -3.21. The molecule has 0 N–H and O–H groups in total. The van der Waals surface area contributed by atoms with Crippen LogP contribution in [0, 0.1) is 6.92 Å². The fourth-order valence-electron chi connectivity index (χ4n) is 2.41. The average Bonchev–Trinajstić information content (AvgIpc) is 2.95. The van der Waals surface area contributed by atoms with E-state index in [0.29, 0.717) is 22.8 Å². The highest BCUT2D eigenvalue weighted by Gasteiger charge is 2.21. The number of nitrogens with zero attached hydrogens (tertiary/aromatic N) is 3. The number of benzene rings is 1. The summed E-state index contributed by atoms with van der Waals surface area (Å²) < 4.78 is 12.0. The van der Waals surface area contributed by atoms with E-state index in [4.69, 9.17) is 9.15 Å². The summed E-state index contributed by atoms with van der Waals surface area (Å²) in [6.07, 6.45) is 6.71. The van der Waals surface area contributed by atoms with Crippen molar-refractivity contribution in [2.75, 3.05) is 0 Å². The Bertz CT molecular complexity index is 964. The van der Waals surface area contributed by atoms with Gasteiger partial charge in [0, 0.05) is 24.8 Å². The molecule has 5 heteroatoms. The molecule has 0 saturated carbocycles. The van der Waals surface area contributed by atoms with Gasteiger partial charge in [0.1, 0.15) is 17.0 Å². The van der Waals surface area contributed by atoms with Gasteiger partial charge in [-0.15, -0.1) is 0 Å². The van der Waals surface area contributed by atoms with Gasteiger partial charge in [-0.2, -0.15) is 0 Å². The Labute approximate surface area is 132 Å². The number of pyridine rings is 1. The Balaban J connectivity index is 1.93. The fraction of sp³-hybridized carbons (Fsp3) is 0.0556. The summed E-state index contributed by atoms with van der Waals surface area (Å²) in [5.41, 5.74) is 2.14. The van der Waals surface area contributed by atoms with Crippen LogP contribution in [-0.2, 0) is 0 Å². The van der Waals surface area contributed by atoms with E-state index in [0.717, 1.165) is 16.8 Å². The minimum absolute atomic E-state index is 0.558. The summed E-state index contributed by atoms with van der Waals surface area (Å²) in [6.45, 7) is 1.89. The van der Waals surface area contributed by atoms with E-state index in [2.05, 4.69) is 15.0 Å². The first kappa shape index (κ1) is 13.5. The first-order chi connectivity index (χ1) is 11.3. The van der Waals surface area contributed by atoms with Crippen LogP contribution in [0.15, 0.2) is 65.6 Å². The summed E-state index contributed by atoms with van der Waals surface area (Å²) in [7, 11) is 0. The zero-order valence-electron chi connectivity index (χ0n) is 12.4. The standard InChI is InChI=1S/C18H13N3O2/c1-12-16(21-10-9-20-12)18-17(22-13-5-3-2-4-6-13)14-11-19-8-7-15(14)23-18/h2-11H,1H3. The zero-order valence-corrected chi connectivity index (χ0v) is 12.4. The number of rotatable bonds is 3. The highest BCUT2D eigenvalue weighted by molar-refractivity contribution is 5.90. The maximum absolute atomic E-state index is 6.07. The van der Waals surface area contributed by atoms with Gasteiger partial charge < -0.3 is 9.15 Å². The summed E-state index contributed by atoms with van der Waals surface area (Å²) in [6, 6.07) is 11.4. The lowest BCUT2D eigenvalue weighted by Gasteiger charge is -2.07. The van der Waals surface area contributed by atoms with Crippen molar-refractivity contribution in [3.05, 3.63) is 66.9 Å². The van der Waals surface area contributed by atoms with Crippen molar-refractivity contribution in [1.82, 2.24) is 15.0 Å². The van der Waals surface area contributed by atoms with E-state index < -0.39 is 0 Å². The van der Waals surface area contributed by atoms with Crippen molar-refractivity contribution >= 4 is 11.0 Å². The second-order valence-corrected chi connectivity index (χ2v) is 5.04. The Kier molecular flexibility index (Phi) is 3.24. The van der Waals surface area contributed by atoms with Crippen molar-refractivity contribution in [3.8, 4) is 23.0 Å². The van der Waals surface area contributed by atoms with E-state index >= 15 is 0 Å². The van der Waals surface area contributed by atoms with Gasteiger partial charge >= 0.3 is 0 Å². The van der Waals surface area contributed by atoms with Crippen LogP contribution in [0.4, 0.5) is 0 Å². The number of ether oxygens (including phenoxy) is 1. The topological polar surface area (TPSA) is 61.0 Å². The van der Waals surface area contributed by atoms with Gasteiger partial charge in [-0.25, -0.2) is 4.98 Å². The molecule has 0 bridgehead atoms. The van der Waals surface area contributed by atoms with Gasteiger partial charge in [0.05, 0.1) is 11.1 Å². The summed E-state index contributed by atoms with van der Waals surface area (Å²) >= 11 is 0. The van der Waals surface area contributed by atoms with Crippen LogP contribution in [0.3, 0.4) is 0 Å². The third-order valence-electron chi connectivity index (χ3n) is 3.50. The molecule has 0 fully saturated rings. The maximum atomic E-state index is 6.07. The van der Waals surface area contributed by atoms with Crippen molar-refractivity contribution in [3.63, 3.8) is 0 Å². The van der Waals surface area contributed by atoms with E-state index in [1.807, 2.05) is 43.3 Å². The van der Waals surface area contributed by atoms with Crippen molar-refractivity contribution < 1.29 is 9.15 Å². The van der Waals surface area contributed by atoms with E-state index in [-0.39, 0.29) is 0 Å². The van der Waals surface area contributed by atoms with Crippen LogP contribution in [0.25, 0.3) is 22.4 Å². The van der Waals surface area contributed by atoms with Gasteiger partial charge in [0.15, 0.2) is 11.5 Å². The number of hydrogen-bond donors (Lipinski definition) is 0. The molecule has 0 spiro atoms. The highest BCUT2D eigenvalue weighted by atomic mass is 16.5. The zero-order chi connectivity index (χ0) is 15.6. The Morgan fingerprint density at radius 1 is 0.957 bits per heavy atom. The van der Waals surface area contributed by atoms with Crippen molar-refractivity contribution in [1.29, 1.82) is 0 Å². The molecule has 112 valence electrons. The predicted molar refractivity (Wildman–Crippen MR) is 86.3 cm³/mol. The van der Waals surface area contributed by atoms with Crippen molar-refractivity contribution in [2.45, 2.75) is 6.92 Å².